The molecule has 0 unspecified atom stereocenters. The number of aromatic amines is 1. The summed E-state index contributed by atoms with van der Waals surface area (Å²) in [6, 6.07) is 8.77. The number of ether oxygens (including phenoxy) is 1. The normalized spacial score (nSPS) is 18.8. The zero-order valence-electron chi connectivity index (χ0n) is 21.1. The summed E-state index contributed by atoms with van der Waals surface area (Å²) in [6.45, 7) is 2.81. The van der Waals surface area contributed by atoms with Gasteiger partial charge in [0.1, 0.15) is 5.75 Å². The molecular formula is C27H38N6O2. The van der Waals surface area contributed by atoms with E-state index in [1.807, 2.05) is 24.3 Å². The molecule has 35 heavy (non-hydrogen) atoms. The Labute approximate surface area is 207 Å². The molecule has 0 radical (unpaired) electrons. The van der Waals surface area contributed by atoms with Crippen molar-refractivity contribution in [3.8, 4) is 5.75 Å². The third-order valence-corrected chi connectivity index (χ3v) is 8.05. The lowest BCUT2D eigenvalue weighted by Crippen LogP contribution is -2.41. The fourth-order valence-corrected chi connectivity index (χ4v) is 6.14. The molecule has 2 aliphatic carbocycles. The van der Waals surface area contributed by atoms with Crippen molar-refractivity contribution >= 4 is 10.9 Å². The molecule has 0 amide bonds. The van der Waals surface area contributed by atoms with E-state index in [-0.39, 0.29) is 11.6 Å². The topological polar surface area (TPSA) is 88.9 Å². The molecule has 1 N–H and O–H groups in total. The minimum Gasteiger partial charge on any atom is -0.497 e. The highest BCUT2D eigenvalue weighted by molar-refractivity contribution is 5.80. The molecule has 8 heteroatoms. The number of pyridine rings is 1. The van der Waals surface area contributed by atoms with Gasteiger partial charge in [0.25, 0.3) is 5.56 Å². The third-order valence-electron chi connectivity index (χ3n) is 8.05. The first kappa shape index (κ1) is 24.0. The van der Waals surface area contributed by atoms with Crippen LogP contribution in [-0.2, 0) is 6.54 Å². The van der Waals surface area contributed by atoms with Gasteiger partial charge in [0.15, 0.2) is 5.82 Å². The Morgan fingerprint density at radius 1 is 1.09 bits per heavy atom. The van der Waals surface area contributed by atoms with Crippen LogP contribution < -0.4 is 10.3 Å². The van der Waals surface area contributed by atoms with Crippen LogP contribution in [0.2, 0.25) is 0 Å². The zero-order chi connectivity index (χ0) is 24.2. The number of methoxy groups -OCH3 is 1. The number of hydrogen-bond donors (Lipinski definition) is 1. The van der Waals surface area contributed by atoms with Crippen molar-refractivity contribution < 1.29 is 4.74 Å². The third kappa shape index (κ3) is 5.13. The molecule has 2 fully saturated rings. The average Bonchev–Trinajstić information content (AvgIpc) is 3.39. The maximum absolute atomic E-state index is 13.2. The van der Waals surface area contributed by atoms with Crippen molar-refractivity contribution in [1.29, 1.82) is 0 Å². The molecule has 8 nitrogen and oxygen atoms in total. The first-order chi connectivity index (χ1) is 17.2. The van der Waals surface area contributed by atoms with Crippen LogP contribution in [0.4, 0.5) is 0 Å². The minimum absolute atomic E-state index is 0.0340. The molecule has 0 aliphatic heterocycles. The molecule has 1 atom stereocenters. The lowest BCUT2D eigenvalue weighted by atomic mass is 9.91. The Morgan fingerprint density at radius 3 is 2.54 bits per heavy atom. The standard InChI is InChI=1S/C27H38N6O2/c1-3-25(26-29-30-31-33(26)22-12-8-5-9-13-22)32(21-10-6-4-7-11-21)18-20-16-19-14-15-23(35-2)17-24(19)28-27(20)34/h14-17,21-22,25H,3-13,18H2,1-2H3,(H,28,34)/t25-/m1/s1. The van der Waals surface area contributed by atoms with Crippen LogP contribution in [0.25, 0.3) is 10.9 Å². The zero-order valence-corrected chi connectivity index (χ0v) is 21.1. The van der Waals surface area contributed by atoms with Gasteiger partial charge in [0.05, 0.1) is 24.7 Å². The number of nitrogens with one attached hydrogen (secondary N) is 1. The minimum atomic E-state index is -0.0340. The smallest absolute Gasteiger partial charge is 0.252 e. The van der Waals surface area contributed by atoms with Crippen LogP contribution in [0.5, 0.6) is 5.75 Å². The van der Waals surface area contributed by atoms with Gasteiger partial charge in [0.2, 0.25) is 0 Å². The van der Waals surface area contributed by atoms with Crippen molar-refractivity contribution in [2.24, 2.45) is 0 Å². The SMILES string of the molecule is CC[C@H](c1nnnn1C1CCCCC1)N(Cc1cc2ccc(OC)cc2[nH]c1=O)C1CCCCC1. The van der Waals surface area contributed by atoms with Gasteiger partial charge in [-0.2, -0.15) is 0 Å². The van der Waals surface area contributed by atoms with Gasteiger partial charge in [-0.1, -0.05) is 45.4 Å². The summed E-state index contributed by atoms with van der Waals surface area (Å²) in [7, 11) is 1.64. The first-order valence-electron chi connectivity index (χ1n) is 13.4. The van der Waals surface area contributed by atoms with E-state index < -0.39 is 0 Å². The summed E-state index contributed by atoms with van der Waals surface area (Å²) in [5.41, 5.74) is 1.56. The molecule has 2 aliphatic rings. The maximum atomic E-state index is 13.2. The van der Waals surface area contributed by atoms with Crippen LogP contribution in [0.3, 0.4) is 0 Å². The molecular weight excluding hydrogens is 440 g/mol. The number of tetrazole rings is 1. The summed E-state index contributed by atoms with van der Waals surface area (Å²) in [4.78, 5) is 18.8. The molecule has 0 spiro atoms. The predicted octanol–water partition coefficient (Wildman–Crippen LogP) is 5.31. The number of aromatic nitrogens is 5. The van der Waals surface area contributed by atoms with Crippen LogP contribution in [-0.4, -0.2) is 43.2 Å². The number of H-pyrrole nitrogens is 1. The molecule has 0 bridgehead atoms. The number of benzene rings is 1. The highest BCUT2D eigenvalue weighted by atomic mass is 16.5. The fourth-order valence-electron chi connectivity index (χ4n) is 6.14. The second-order valence-electron chi connectivity index (χ2n) is 10.2. The molecule has 0 saturated heterocycles. The molecule has 188 valence electrons. The van der Waals surface area contributed by atoms with E-state index >= 15 is 0 Å². The monoisotopic (exact) mass is 478 g/mol. The van der Waals surface area contributed by atoms with Crippen molar-refractivity contribution in [3.05, 3.63) is 46.0 Å². The van der Waals surface area contributed by atoms with Crippen molar-refractivity contribution in [1.82, 2.24) is 30.1 Å². The molecule has 3 aromatic rings. The van der Waals surface area contributed by atoms with Crippen molar-refractivity contribution in [3.63, 3.8) is 0 Å². The van der Waals surface area contributed by atoms with E-state index in [1.165, 1.54) is 38.5 Å². The van der Waals surface area contributed by atoms with E-state index in [9.17, 15) is 4.79 Å². The molecule has 2 aromatic heterocycles. The quantitative estimate of drug-likeness (QED) is 0.472. The van der Waals surface area contributed by atoms with Gasteiger partial charge < -0.3 is 9.72 Å². The number of nitrogens with zero attached hydrogens (tertiary/aromatic N) is 5. The van der Waals surface area contributed by atoms with Crippen LogP contribution in [0, 0.1) is 0 Å². The average molecular weight is 479 g/mol. The summed E-state index contributed by atoms with van der Waals surface area (Å²) >= 11 is 0. The lowest BCUT2D eigenvalue weighted by molar-refractivity contribution is 0.0821. The fraction of sp³-hybridized carbons (Fsp3) is 0.630. The Balaban J connectivity index is 1.50. The Hall–Kier alpha value is -2.74. The highest BCUT2D eigenvalue weighted by Crippen LogP contribution is 2.35. The second kappa shape index (κ2) is 10.9. The van der Waals surface area contributed by atoms with Gasteiger partial charge in [0, 0.05) is 24.2 Å². The molecule has 2 heterocycles. The summed E-state index contributed by atoms with van der Waals surface area (Å²) < 4.78 is 7.44. The second-order valence-corrected chi connectivity index (χ2v) is 10.2. The van der Waals surface area contributed by atoms with Gasteiger partial charge in [-0.15, -0.1) is 5.10 Å². The van der Waals surface area contributed by atoms with Gasteiger partial charge in [-0.25, -0.2) is 4.68 Å². The first-order valence-corrected chi connectivity index (χ1v) is 13.4. The van der Waals surface area contributed by atoms with Gasteiger partial charge in [-0.05, 0) is 66.1 Å². The van der Waals surface area contributed by atoms with E-state index in [2.05, 4.69) is 37.0 Å². The van der Waals surface area contributed by atoms with E-state index in [0.29, 0.717) is 18.6 Å². The Bertz CT molecular complexity index is 1180. The Morgan fingerprint density at radius 2 is 1.83 bits per heavy atom. The van der Waals surface area contributed by atoms with E-state index in [0.717, 1.165) is 60.1 Å². The molecule has 1 aromatic carbocycles. The summed E-state index contributed by atoms with van der Waals surface area (Å²) in [5.74, 6) is 1.71. The summed E-state index contributed by atoms with van der Waals surface area (Å²) in [6.07, 6.45) is 13.1. The predicted molar refractivity (Wildman–Crippen MR) is 137 cm³/mol. The van der Waals surface area contributed by atoms with E-state index in [4.69, 9.17) is 4.74 Å². The van der Waals surface area contributed by atoms with E-state index in [1.54, 1.807) is 7.11 Å². The maximum Gasteiger partial charge on any atom is 0.252 e. The number of rotatable bonds is 8. The molecule has 2 saturated carbocycles. The van der Waals surface area contributed by atoms with Crippen LogP contribution in [0.15, 0.2) is 29.1 Å². The lowest BCUT2D eigenvalue weighted by Gasteiger charge is -2.39. The van der Waals surface area contributed by atoms with Crippen molar-refractivity contribution in [2.45, 2.75) is 102 Å². The van der Waals surface area contributed by atoms with Gasteiger partial charge in [-0.3, -0.25) is 9.69 Å². The largest absolute Gasteiger partial charge is 0.497 e. The number of hydrogen-bond acceptors (Lipinski definition) is 6. The number of fused-ring (bicyclic) bond motifs is 1. The van der Waals surface area contributed by atoms with Gasteiger partial charge >= 0.3 is 0 Å². The molecule has 5 rings (SSSR count). The van der Waals surface area contributed by atoms with Crippen LogP contribution in [0.1, 0.15) is 101 Å². The van der Waals surface area contributed by atoms with Crippen LogP contribution >= 0.6 is 0 Å². The highest BCUT2D eigenvalue weighted by Gasteiger charge is 2.33. The van der Waals surface area contributed by atoms with Crippen molar-refractivity contribution in [2.75, 3.05) is 7.11 Å². The Kier molecular flexibility index (Phi) is 7.46. The summed E-state index contributed by atoms with van der Waals surface area (Å²) in [5, 5.41) is 14.2.